The van der Waals surface area contributed by atoms with E-state index in [4.69, 9.17) is 17.7 Å². The van der Waals surface area contributed by atoms with Gasteiger partial charge in [-0.25, -0.2) is 19.9 Å². The summed E-state index contributed by atoms with van der Waals surface area (Å²) in [7, 11) is 4.32. The zero-order chi connectivity index (χ0) is 98.0. The summed E-state index contributed by atoms with van der Waals surface area (Å²) < 4.78 is 25.9. The molecule has 8 atom stereocenters. The minimum atomic E-state index is 0.113. The van der Waals surface area contributed by atoms with Crippen LogP contribution >= 0.6 is 0 Å². The lowest BCUT2D eigenvalue weighted by Crippen LogP contribution is -2.41. The predicted octanol–water partition coefficient (Wildman–Crippen LogP) is 25.1. The van der Waals surface area contributed by atoms with E-state index in [2.05, 4.69) is 442 Å². The second-order valence-electron chi connectivity index (χ2n) is 38.8. The van der Waals surface area contributed by atoms with Crippen molar-refractivity contribution in [2.45, 2.75) is 228 Å². The molecule has 8 aromatic heterocycles. The molecule has 16 heterocycles. The summed E-state index contributed by atoms with van der Waals surface area (Å²) in [6.07, 6.45) is 26.4. The van der Waals surface area contributed by atoms with Gasteiger partial charge in [0.25, 0.3) is 0 Å². The number of aryl methyl sites for hydroxylation is 4. The number of nitrogens with zero attached hydrogens (tertiary/aromatic N) is 24. The van der Waals surface area contributed by atoms with Crippen LogP contribution in [0.2, 0.25) is 0 Å². The van der Waals surface area contributed by atoms with E-state index in [1.54, 1.807) is 0 Å². The van der Waals surface area contributed by atoms with Gasteiger partial charge in [-0.1, -0.05) is 48.5 Å². The Morgan fingerprint density at radius 1 is 0.271 bits per heavy atom. The molecule has 0 saturated heterocycles. The molecule has 8 aromatic carbocycles. The number of aromatic nitrogens is 8. The van der Waals surface area contributed by atoms with Crippen LogP contribution in [-0.4, -0.2) is 161 Å². The van der Waals surface area contributed by atoms with Crippen molar-refractivity contribution in [2.75, 3.05) is 99.1 Å². The van der Waals surface area contributed by atoms with Gasteiger partial charge < -0.3 is 96.1 Å². The first-order valence-electron chi connectivity index (χ1n) is 49.7. The molecule has 0 radical (unpaired) electrons. The Morgan fingerprint density at radius 3 is 0.914 bits per heavy atom. The number of rotatable bonds is 14. The maximum absolute atomic E-state index is 6.61. The molecule has 0 amide bonds. The lowest BCUT2D eigenvalue weighted by molar-refractivity contribution is 0.263. The van der Waals surface area contributed by atoms with Crippen LogP contribution in [-0.2, 0) is 0 Å². The van der Waals surface area contributed by atoms with Crippen molar-refractivity contribution in [1.29, 1.82) is 0 Å². The molecule has 0 bridgehead atoms. The van der Waals surface area contributed by atoms with E-state index in [1.807, 2.05) is 52.5 Å². The molecule has 16 aromatic rings. The molecule has 0 fully saturated rings. The first-order chi connectivity index (χ1) is 67.4. The molecular formula is C112H128N24O4. The highest BCUT2D eigenvalue weighted by atomic mass is 16.4. The van der Waals surface area contributed by atoms with Gasteiger partial charge >= 0.3 is 0 Å². The molecule has 8 aliphatic heterocycles. The van der Waals surface area contributed by atoms with Crippen LogP contribution in [0.25, 0.3) is 88.3 Å². The first kappa shape index (κ1) is 91.5. The van der Waals surface area contributed by atoms with Crippen LogP contribution in [0.4, 0.5) is 91.0 Å². The van der Waals surface area contributed by atoms with Gasteiger partial charge in [0.05, 0.1) is 89.8 Å². The van der Waals surface area contributed by atoms with Gasteiger partial charge in [-0.05, 0) is 239 Å². The molecule has 0 saturated carbocycles. The SMILES string of the molecule is CCN1C=CN(c2cc3c(oc4nc(C)ncc43)c(N3C=CN(CC)[C@@H]3C)c2C)[C@@H]1C.CCN1c2ccccc2N(c2cc3c(oc4nc(C)ncc43)c(N3c4ccccc4N(CC)[C@@H]3C)c2C)[C@@H]1C.Cc1ncc2c(n1)oc1c(N3C=CN(C(C)C)[C@@H]3C)c(C)c(N3C=CN(C(C)C)[C@H]3C)cc12.Cc1ncc2c(n1)oc1c(N3c4ccccc4N(C)[C@@H]3C)c(C)c(N3c4ccccc4N(C)[C@H]3C)cc12. The molecule has 24 rings (SSSR count). The van der Waals surface area contributed by atoms with Crippen LogP contribution in [0.15, 0.2) is 213 Å². The maximum atomic E-state index is 6.61. The predicted molar refractivity (Wildman–Crippen MR) is 573 cm³/mol. The average molecular weight is 1870 g/mol. The third-order valence-corrected chi connectivity index (χ3v) is 30.6. The summed E-state index contributed by atoms with van der Waals surface area (Å²) >= 11 is 0. The highest BCUT2D eigenvalue weighted by Gasteiger charge is 2.44. The van der Waals surface area contributed by atoms with Crippen LogP contribution in [0, 0.1) is 55.4 Å². The van der Waals surface area contributed by atoms with Crippen molar-refractivity contribution in [2.24, 2.45) is 0 Å². The topological polar surface area (TPSA) is 208 Å². The van der Waals surface area contributed by atoms with Crippen molar-refractivity contribution in [3.8, 4) is 0 Å². The van der Waals surface area contributed by atoms with Crippen LogP contribution in [0.3, 0.4) is 0 Å². The number of anilines is 16. The van der Waals surface area contributed by atoms with E-state index in [0.29, 0.717) is 58.2 Å². The third kappa shape index (κ3) is 14.4. The Morgan fingerprint density at radius 2 is 0.543 bits per heavy atom. The maximum Gasteiger partial charge on any atom is 0.230 e. The summed E-state index contributed by atoms with van der Waals surface area (Å²) in [6.45, 7) is 56.0. The van der Waals surface area contributed by atoms with Crippen molar-refractivity contribution < 1.29 is 17.7 Å². The van der Waals surface area contributed by atoms with Crippen molar-refractivity contribution in [3.05, 3.63) is 241 Å². The van der Waals surface area contributed by atoms with E-state index in [-0.39, 0.29) is 49.3 Å². The Bertz CT molecular complexity index is 7720. The van der Waals surface area contributed by atoms with Crippen LogP contribution in [0.1, 0.15) is 156 Å². The van der Waals surface area contributed by atoms with Gasteiger partial charge in [-0.3, -0.25) is 0 Å². The monoisotopic (exact) mass is 1870 g/mol. The zero-order valence-corrected chi connectivity index (χ0v) is 85.4. The minimum Gasteiger partial charge on any atom is -0.435 e. The van der Waals surface area contributed by atoms with E-state index < -0.39 is 0 Å². The molecule has 0 unspecified atom stereocenters. The fraction of sp³-hybridized carbons (Fsp3) is 0.357. The van der Waals surface area contributed by atoms with E-state index >= 15 is 0 Å². The summed E-state index contributed by atoms with van der Waals surface area (Å²) in [5.41, 5.74) is 29.5. The Balaban J connectivity index is 0.000000111. The van der Waals surface area contributed by atoms with Crippen LogP contribution in [0.5, 0.6) is 0 Å². The molecule has 720 valence electrons. The van der Waals surface area contributed by atoms with Gasteiger partial charge in [0.1, 0.15) is 72.6 Å². The number of benzene rings is 8. The molecule has 28 heteroatoms. The number of fused-ring (bicyclic) bond motifs is 16. The largest absolute Gasteiger partial charge is 0.435 e. The van der Waals surface area contributed by atoms with Gasteiger partial charge in [-0.2, -0.15) is 19.9 Å². The first-order valence-corrected chi connectivity index (χ1v) is 49.7. The summed E-state index contributed by atoms with van der Waals surface area (Å²) in [5, 5.41) is 7.96. The minimum absolute atomic E-state index is 0.113. The highest BCUT2D eigenvalue weighted by Crippen LogP contribution is 2.58. The number of para-hydroxylation sites is 8. The number of furan rings is 4. The van der Waals surface area contributed by atoms with Crippen molar-refractivity contribution in [1.82, 2.24) is 59.5 Å². The highest BCUT2D eigenvalue weighted by molar-refractivity contribution is 6.16. The molecule has 140 heavy (non-hydrogen) atoms. The molecule has 0 N–H and O–H groups in total. The average Bonchev–Trinajstić information content (AvgIpc) is 1.57. The summed E-state index contributed by atoms with van der Waals surface area (Å²) in [5.74, 6) is 2.83. The van der Waals surface area contributed by atoms with Crippen molar-refractivity contribution >= 4 is 179 Å². The smallest absolute Gasteiger partial charge is 0.230 e. The Hall–Kier alpha value is -15.0. The van der Waals surface area contributed by atoms with Crippen LogP contribution < -0.4 is 58.8 Å². The van der Waals surface area contributed by atoms with E-state index in [0.717, 1.165) is 120 Å². The van der Waals surface area contributed by atoms with E-state index in [1.165, 1.54) is 84.8 Å². The molecule has 0 spiro atoms. The normalized spacial score (nSPS) is 19.7. The number of hydrogen-bond donors (Lipinski definition) is 0. The van der Waals surface area contributed by atoms with Gasteiger partial charge in [0.15, 0.2) is 22.3 Å². The number of hydrogen-bond acceptors (Lipinski definition) is 28. The molecule has 28 nitrogen and oxygen atoms in total. The van der Waals surface area contributed by atoms with Gasteiger partial charge in [-0.15, -0.1) is 0 Å². The lowest BCUT2D eigenvalue weighted by atomic mass is 10.0. The second-order valence-corrected chi connectivity index (χ2v) is 38.8. The van der Waals surface area contributed by atoms with Crippen molar-refractivity contribution in [3.63, 3.8) is 0 Å². The van der Waals surface area contributed by atoms with E-state index in [9.17, 15) is 0 Å². The summed E-state index contributed by atoms with van der Waals surface area (Å²) in [6, 6.07) is 44.5. The second kappa shape index (κ2) is 35.2. The Kier molecular flexibility index (Phi) is 23.0. The lowest BCUT2D eigenvalue weighted by Gasteiger charge is -2.36. The molecular weight excluding hydrogens is 1750 g/mol. The fourth-order valence-corrected chi connectivity index (χ4v) is 23.0. The van der Waals surface area contributed by atoms with Gasteiger partial charge in [0, 0.05) is 193 Å². The quantitative estimate of drug-likeness (QED) is 0.0991. The summed E-state index contributed by atoms with van der Waals surface area (Å²) in [4.78, 5) is 74.6. The Labute approximate surface area is 819 Å². The zero-order valence-electron chi connectivity index (χ0n) is 85.4. The molecule has 8 aliphatic rings. The third-order valence-electron chi connectivity index (χ3n) is 30.6. The van der Waals surface area contributed by atoms with Gasteiger partial charge in [0.2, 0.25) is 22.9 Å². The fourth-order valence-electron chi connectivity index (χ4n) is 23.0. The molecule has 0 aliphatic carbocycles. The standard InChI is InChI=1S/C32H34N6O.C30H30N6O.C26H34N6O.C24H30N6O/c1-7-35-21(5)37(27-15-11-9-13-25(27)35)29-17-23-24-18-33-20(4)34-32(24)39-31(23)30(19(29)3)38-22(6)36(8-2)26-14-10-12-16-28(26)38;1-17-27(35-19(3)33(5)23-11-7-9-13-25(23)35)15-21-22-16-31-18(2)32-30(22)37-29(21)28(17)36-20(4)34(6)24-12-8-10-14-26(24)36;1-15(2)29-9-11-31(19(29)7)23-13-21-22-14-27-18(6)28-26(22)33-25(21)24(17(23)5)32-12-10-30(16(3)4)20(32)8;1-7-27-9-11-29(17(27)5)21-13-19-20-14-25-16(4)26-24(20)31-23(19)22(15(21)3)30-12-10-28(8-2)18(30)6/h9-18,21-22H,7-8H2,1-6H3;7-16,19-20H,1-6H3;9-16,19-20H,1-8H3;9-14,17-18H,7-8H2,1-6H3/t21-,22+;2*19-,20+;17-,18+/m1111/s1.